The number of benzene rings is 1. The van der Waals surface area contributed by atoms with Crippen LogP contribution in [0.1, 0.15) is 11.9 Å². The van der Waals surface area contributed by atoms with Crippen molar-refractivity contribution in [3.63, 3.8) is 0 Å². The molecule has 0 spiro atoms. The fourth-order valence-electron chi connectivity index (χ4n) is 2.05. The molecule has 0 bridgehead atoms. The van der Waals surface area contributed by atoms with Crippen molar-refractivity contribution >= 4 is 10.9 Å². The number of hydrogen-bond donors (Lipinski definition) is 1. The van der Waals surface area contributed by atoms with E-state index < -0.39 is 0 Å². The molecule has 1 aromatic carbocycles. The Kier molecular flexibility index (Phi) is 2.76. The summed E-state index contributed by atoms with van der Waals surface area (Å²) in [6.07, 6.45) is 1.42. The van der Waals surface area contributed by atoms with E-state index in [4.69, 9.17) is 15.2 Å². The van der Waals surface area contributed by atoms with Gasteiger partial charge in [-0.15, -0.1) is 0 Å². The first-order valence-electron chi connectivity index (χ1n) is 5.69. The number of pyridine rings is 1. The number of ether oxygens (including phenoxy) is 2. The Hall–Kier alpha value is -1.49. The minimum atomic E-state index is -0.345. The fraction of sp³-hybridized carbons (Fsp3) is 0.308. The summed E-state index contributed by atoms with van der Waals surface area (Å²) < 4.78 is 11.3. The molecule has 4 heteroatoms. The average Bonchev–Trinajstić information content (AvgIpc) is 2.87. The monoisotopic (exact) mass is 230 g/mol. The van der Waals surface area contributed by atoms with E-state index in [1.54, 1.807) is 6.20 Å². The first kappa shape index (κ1) is 10.7. The Balaban J connectivity index is 2.00. The van der Waals surface area contributed by atoms with E-state index in [1.165, 1.54) is 0 Å². The van der Waals surface area contributed by atoms with E-state index in [0.29, 0.717) is 13.2 Å². The van der Waals surface area contributed by atoms with Crippen LogP contribution >= 0.6 is 0 Å². The molecule has 0 aliphatic carbocycles. The maximum atomic E-state index is 5.72. The van der Waals surface area contributed by atoms with Crippen molar-refractivity contribution in [2.24, 2.45) is 5.73 Å². The standard InChI is InChI=1S/C13H14N2O2/c14-7-10-8-16-13(17-10)11-5-1-3-9-4-2-6-15-12(9)11/h1-6,10,13H,7-8,14H2. The molecule has 1 saturated heterocycles. The van der Waals surface area contributed by atoms with Crippen molar-refractivity contribution in [1.82, 2.24) is 4.98 Å². The second kappa shape index (κ2) is 4.41. The van der Waals surface area contributed by atoms with Gasteiger partial charge in [-0.25, -0.2) is 0 Å². The van der Waals surface area contributed by atoms with Gasteiger partial charge in [0.15, 0.2) is 6.29 Å². The van der Waals surface area contributed by atoms with Crippen molar-refractivity contribution in [2.45, 2.75) is 12.4 Å². The zero-order valence-electron chi connectivity index (χ0n) is 9.37. The lowest BCUT2D eigenvalue weighted by molar-refractivity contribution is -0.0576. The van der Waals surface area contributed by atoms with Gasteiger partial charge in [0.2, 0.25) is 0 Å². The van der Waals surface area contributed by atoms with E-state index >= 15 is 0 Å². The summed E-state index contributed by atoms with van der Waals surface area (Å²) in [6.45, 7) is 1.03. The zero-order chi connectivity index (χ0) is 11.7. The molecule has 17 heavy (non-hydrogen) atoms. The molecule has 2 aromatic rings. The maximum absolute atomic E-state index is 5.72. The molecule has 1 fully saturated rings. The van der Waals surface area contributed by atoms with E-state index in [2.05, 4.69) is 4.98 Å². The van der Waals surface area contributed by atoms with Crippen LogP contribution < -0.4 is 5.73 Å². The van der Waals surface area contributed by atoms with Crippen LogP contribution in [0.4, 0.5) is 0 Å². The summed E-state index contributed by atoms with van der Waals surface area (Å²) in [4.78, 5) is 4.39. The molecular weight excluding hydrogens is 216 g/mol. The van der Waals surface area contributed by atoms with Crippen molar-refractivity contribution in [3.05, 3.63) is 42.1 Å². The predicted molar refractivity (Wildman–Crippen MR) is 64.4 cm³/mol. The lowest BCUT2D eigenvalue weighted by Crippen LogP contribution is -2.21. The molecule has 3 rings (SSSR count). The third kappa shape index (κ3) is 1.91. The second-order valence-electron chi connectivity index (χ2n) is 4.08. The number of nitrogens with zero attached hydrogens (tertiary/aromatic N) is 1. The number of rotatable bonds is 2. The molecule has 1 aliphatic heterocycles. The molecule has 0 saturated carbocycles. The quantitative estimate of drug-likeness (QED) is 0.851. The SMILES string of the molecule is NCC1COC(c2cccc3cccnc23)O1. The van der Waals surface area contributed by atoms with Gasteiger partial charge in [-0.05, 0) is 6.07 Å². The topological polar surface area (TPSA) is 57.4 Å². The molecule has 1 aromatic heterocycles. The lowest BCUT2D eigenvalue weighted by atomic mass is 10.1. The van der Waals surface area contributed by atoms with Gasteiger partial charge in [-0.1, -0.05) is 24.3 Å². The molecular formula is C13H14N2O2. The molecule has 1 aliphatic rings. The molecule has 0 radical (unpaired) electrons. The van der Waals surface area contributed by atoms with Gasteiger partial charge in [0.25, 0.3) is 0 Å². The largest absolute Gasteiger partial charge is 0.346 e. The molecule has 4 nitrogen and oxygen atoms in total. The van der Waals surface area contributed by atoms with Gasteiger partial charge in [0, 0.05) is 23.7 Å². The number of aromatic nitrogens is 1. The maximum Gasteiger partial charge on any atom is 0.186 e. The summed E-state index contributed by atoms with van der Waals surface area (Å²) >= 11 is 0. The first-order valence-corrected chi connectivity index (χ1v) is 5.69. The van der Waals surface area contributed by atoms with E-state index in [-0.39, 0.29) is 12.4 Å². The Morgan fingerprint density at radius 1 is 1.29 bits per heavy atom. The van der Waals surface area contributed by atoms with Crippen LogP contribution in [0.25, 0.3) is 10.9 Å². The number of para-hydroxylation sites is 1. The van der Waals surface area contributed by atoms with Crippen molar-refractivity contribution in [1.29, 1.82) is 0 Å². The third-order valence-electron chi connectivity index (χ3n) is 2.93. The number of nitrogens with two attached hydrogens (primary N) is 1. The van der Waals surface area contributed by atoms with E-state index in [0.717, 1.165) is 16.5 Å². The van der Waals surface area contributed by atoms with Crippen LogP contribution in [0.15, 0.2) is 36.5 Å². The molecule has 2 N–H and O–H groups in total. The van der Waals surface area contributed by atoms with Crippen LogP contribution in [0.5, 0.6) is 0 Å². The van der Waals surface area contributed by atoms with Gasteiger partial charge in [0.1, 0.15) is 0 Å². The molecule has 2 heterocycles. The third-order valence-corrected chi connectivity index (χ3v) is 2.93. The van der Waals surface area contributed by atoms with Gasteiger partial charge in [-0.3, -0.25) is 4.98 Å². The molecule has 88 valence electrons. The van der Waals surface area contributed by atoms with Crippen molar-refractivity contribution in [3.8, 4) is 0 Å². The van der Waals surface area contributed by atoms with Crippen LogP contribution in [0, 0.1) is 0 Å². The van der Waals surface area contributed by atoms with E-state index in [1.807, 2.05) is 30.3 Å². The van der Waals surface area contributed by atoms with E-state index in [9.17, 15) is 0 Å². The highest BCUT2D eigenvalue weighted by molar-refractivity contribution is 5.81. The molecule has 0 amide bonds. The fourth-order valence-corrected chi connectivity index (χ4v) is 2.05. The Morgan fingerprint density at radius 3 is 3.00 bits per heavy atom. The summed E-state index contributed by atoms with van der Waals surface area (Å²) in [5.74, 6) is 0. The van der Waals surface area contributed by atoms with Crippen molar-refractivity contribution < 1.29 is 9.47 Å². The van der Waals surface area contributed by atoms with Crippen LogP contribution in [-0.4, -0.2) is 24.2 Å². The van der Waals surface area contributed by atoms with Gasteiger partial charge >= 0.3 is 0 Å². The minimum Gasteiger partial charge on any atom is -0.346 e. The van der Waals surface area contributed by atoms with Crippen LogP contribution in [0.2, 0.25) is 0 Å². The highest BCUT2D eigenvalue weighted by Gasteiger charge is 2.27. The van der Waals surface area contributed by atoms with Gasteiger partial charge in [0.05, 0.1) is 18.2 Å². The van der Waals surface area contributed by atoms with Gasteiger partial charge < -0.3 is 15.2 Å². The summed E-state index contributed by atoms with van der Waals surface area (Å²) in [6, 6.07) is 9.95. The van der Waals surface area contributed by atoms with Crippen LogP contribution in [0.3, 0.4) is 0 Å². The Labute approximate surface area is 99.4 Å². The Morgan fingerprint density at radius 2 is 2.18 bits per heavy atom. The molecule has 2 atom stereocenters. The molecule has 2 unspecified atom stereocenters. The Bertz CT molecular complexity index is 524. The smallest absolute Gasteiger partial charge is 0.186 e. The number of hydrogen-bond acceptors (Lipinski definition) is 4. The van der Waals surface area contributed by atoms with Gasteiger partial charge in [-0.2, -0.15) is 0 Å². The number of fused-ring (bicyclic) bond motifs is 1. The minimum absolute atomic E-state index is 0.0148. The normalized spacial score (nSPS) is 24.3. The first-order chi connectivity index (χ1) is 8.38. The lowest BCUT2D eigenvalue weighted by Gasteiger charge is -2.12. The van der Waals surface area contributed by atoms with Crippen LogP contribution in [-0.2, 0) is 9.47 Å². The highest BCUT2D eigenvalue weighted by atomic mass is 16.7. The average molecular weight is 230 g/mol. The predicted octanol–water partition coefficient (Wildman–Crippen LogP) is 1.61. The highest BCUT2D eigenvalue weighted by Crippen LogP contribution is 2.30. The zero-order valence-corrected chi connectivity index (χ0v) is 9.37. The summed E-state index contributed by atoms with van der Waals surface area (Å²) in [7, 11) is 0. The second-order valence-corrected chi connectivity index (χ2v) is 4.08. The van der Waals surface area contributed by atoms with Crippen molar-refractivity contribution in [2.75, 3.05) is 13.2 Å². The summed E-state index contributed by atoms with van der Waals surface area (Å²) in [5, 5.41) is 1.09. The summed E-state index contributed by atoms with van der Waals surface area (Å²) in [5.41, 5.74) is 7.47.